The van der Waals surface area contributed by atoms with Gasteiger partial charge < -0.3 is 4.90 Å². The van der Waals surface area contributed by atoms with Crippen LogP contribution in [-0.4, -0.2) is 31.3 Å². The fraction of sp³-hybridized carbons (Fsp3) is 0.263. The zero-order valence-electron chi connectivity index (χ0n) is 13.4. The summed E-state index contributed by atoms with van der Waals surface area (Å²) in [7, 11) is 3.94. The first kappa shape index (κ1) is 18.9. The molecule has 3 nitrogen and oxygen atoms in total. The number of benzene rings is 2. The molecular formula is C19H21ClN2O. The Kier molecular flexibility index (Phi) is 7.47. The minimum absolute atomic E-state index is 0. The molecule has 0 saturated heterocycles. The minimum atomic E-state index is -0.119. The summed E-state index contributed by atoms with van der Waals surface area (Å²) < 4.78 is 0. The van der Waals surface area contributed by atoms with Crippen LogP contribution in [0.25, 0.3) is 0 Å². The normalized spacial score (nSPS) is 11.4. The number of Topliss-reactive ketones (excluding diaryl/α,β-unsaturated/α-hetero) is 1. The third-order valence-corrected chi connectivity index (χ3v) is 3.56. The van der Waals surface area contributed by atoms with Crippen molar-refractivity contribution in [3.8, 4) is 6.07 Å². The maximum atomic E-state index is 12.8. The molecule has 0 aliphatic carbocycles. The standard InChI is InChI=1S/C19H20N2O.ClH/c1-21(2)14-18(11-15-7-4-3-5-8-15)19(22)17-10-6-9-16(12-17)13-20;/h3-10,12,18H,11,14H2,1-2H3;1H. The van der Waals surface area contributed by atoms with Crippen molar-refractivity contribution in [3.63, 3.8) is 0 Å². The summed E-state index contributed by atoms with van der Waals surface area (Å²) >= 11 is 0. The number of nitrogens with zero attached hydrogens (tertiary/aromatic N) is 2. The van der Waals surface area contributed by atoms with Gasteiger partial charge >= 0.3 is 0 Å². The van der Waals surface area contributed by atoms with Gasteiger partial charge in [-0.05, 0) is 38.2 Å². The van der Waals surface area contributed by atoms with Crippen molar-refractivity contribution >= 4 is 18.2 Å². The van der Waals surface area contributed by atoms with Gasteiger partial charge in [0.15, 0.2) is 5.78 Å². The number of rotatable bonds is 6. The van der Waals surface area contributed by atoms with Crippen molar-refractivity contribution in [1.29, 1.82) is 5.26 Å². The molecule has 0 bridgehead atoms. The smallest absolute Gasteiger partial charge is 0.167 e. The number of carbonyl (C=O) groups excluding carboxylic acids is 1. The van der Waals surface area contributed by atoms with Gasteiger partial charge in [-0.15, -0.1) is 12.4 Å². The highest BCUT2D eigenvalue weighted by atomic mass is 35.5. The molecular weight excluding hydrogens is 308 g/mol. The molecule has 0 radical (unpaired) electrons. The number of ketones is 1. The van der Waals surface area contributed by atoms with Crippen LogP contribution in [0.15, 0.2) is 54.6 Å². The second-order valence-corrected chi connectivity index (χ2v) is 5.71. The predicted molar refractivity (Wildman–Crippen MR) is 94.9 cm³/mol. The van der Waals surface area contributed by atoms with E-state index in [9.17, 15) is 4.79 Å². The van der Waals surface area contributed by atoms with Crippen LogP contribution in [0, 0.1) is 17.2 Å². The van der Waals surface area contributed by atoms with E-state index in [4.69, 9.17) is 5.26 Å². The van der Waals surface area contributed by atoms with E-state index < -0.39 is 0 Å². The molecule has 2 aromatic rings. The van der Waals surface area contributed by atoms with E-state index in [-0.39, 0.29) is 24.1 Å². The van der Waals surface area contributed by atoms with Crippen molar-refractivity contribution < 1.29 is 4.79 Å². The topological polar surface area (TPSA) is 44.1 Å². The maximum absolute atomic E-state index is 12.8. The van der Waals surface area contributed by atoms with Crippen molar-refractivity contribution in [2.24, 2.45) is 5.92 Å². The van der Waals surface area contributed by atoms with E-state index in [0.29, 0.717) is 24.1 Å². The first-order chi connectivity index (χ1) is 10.6. The number of hydrogen-bond acceptors (Lipinski definition) is 3. The molecule has 23 heavy (non-hydrogen) atoms. The molecule has 1 unspecified atom stereocenters. The summed E-state index contributed by atoms with van der Waals surface area (Å²) in [4.78, 5) is 14.8. The van der Waals surface area contributed by atoms with Gasteiger partial charge in [0.1, 0.15) is 0 Å². The van der Waals surface area contributed by atoms with Crippen LogP contribution in [0.2, 0.25) is 0 Å². The fourth-order valence-electron chi connectivity index (χ4n) is 2.56. The molecule has 120 valence electrons. The summed E-state index contributed by atoms with van der Waals surface area (Å²) in [6.07, 6.45) is 0.703. The van der Waals surface area contributed by atoms with Gasteiger partial charge in [0, 0.05) is 18.0 Å². The second-order valence-electron chi connectivity index (χ2n) is 5.71. The fourth-order valence-corrected chi connectivity index (χ4v) is 2.56. The van der Waals surface area contributed by atoms with Gasteiger partial charge in [-0.2, -0.15) is 5.26 Å². The molecule has 0 aliphatic heterocycles. The third-order valence-electron chi connectivity index (χ3n) is 3.56. The lowest BCUT2D eigenvalue weighted by Gasteiger charge is -2.20. The molecule has 2 rings (SSSR count). The van der Waals surface area contributed by atoms with E-state index >= 15 is 0 Å². The quantitative estimate of drug-likeness (QED) is 0.761. The Labute approximate surface area is 144 Å². The number of nitriles is 1. The van der Waals surface area contributed by atoms with Gasteiger partial charge in [-0.1, -0.05) is 42.5 Å². The highest BCUT2D eigenvalue weighted by Gasteiger charge is 2.21. The number of carbonyl (C=O) groups is 1. The molecule has 0 heterocycles. The molecule has 0 fully saturated rings. The molecule has 0 aliphatic rings. The van der Waals surface area contributed by atoms with Crippen LogP contribution < -0.4 is 0 Å². The lowest BCUT2D eigenvalue weighted by Crippen LogP contribution is -2.29. The Morgan fingerprint density at radius 3 is 2.43 bits per heavy atom. The van der Waals surface area contributed by atoms with E-state index in [1.54, 1.807) is 24.3 Å². The predicted octanol–water partition coefficient (Wildman–Crippen LogP) is 3.58. The second kappa shape index (κ2) is 9.09. The van der Waals surface area contributed by atoms with Crippen LogP contribution in [-0.2, 0) is 6.42 Å². The Morgan fingerprint density at radius 2 is 1.83 bits per heavy atom. The molecule has 2 aromatic carbocycles. The highest BCUT2D eigenvalue weighted by Crippen LogP contribution is 2.17. The van der Waals surface area contributed by atoms with Gasteiger partial charge in [-0.25, -0.2) is 0 Å². The van der Waals surface area contributed by atoms with E-state index in [2.05, 4.69) is 6.07 Å². The van der Waals surface area contributed by atoms with Crippen molar-refractivity contribution in [1.82, 2.24) is 4.90 Å². The molecule has 0 spiro atoms. The summed E-state index contributed by atoms with van der Waals surface area (Å²) in [6, 6.07) is 19.1. The maximum Gasteiger partial charge on any atom is 0.167 e. The molecule has 0 aromatic heterocycles. The summed E-state index contributed by atoms with van der Waals surface area (Å²) in [5.74, 6) is -0.0269. The summed E-state index contributed by atoms with van der Waals surface area (Å²) in [5, 5.41) is 8.99. The van der Waals surface area contributed by atoms with Crippen LogP contribution in [0.3, 0.4) is 0 Å². The van der Waals surface area contributed by atoms with E-state index in [0.717, 1.165) is 5.56 Å². The third kappa shape index (κ3) is 5.52. The van der Waals surface area contributed by atoms with Crippen LogP contribution in [0.1, 0.15) is 21.5 Å². The Balaban J connectivity index is 0.00000264. The Morgan fingerprint density at radius 1 is 1.13 bits per heavy atom. The average Bonchev–Trinajstić information content (AvgIpc) is 2.54. The summed E-state index contributed by atoms with van der Waals surface area (Å²) in [6.45, 7) is 0.685. The monoisotopic (exact) mass is 328 g/mol. The first-order valence-electron chi connectivity index (χ1n) is 7.33. The molecule has 0 N–H and O–H groups in total. The zero-order valence-corrected chi connectivity index (χ0v) is 14.2. The molecule has 1 atom stereocenters. The lowest BCUT2D eigenvalue weighted by atomic mass is 9.90. The SMILES string of the molecule is CN(C)CC(Cc1ccccc1)C(=O)c1cccc(C#N)c1.Cl. The van der Waals surface area contributed by atoms with Gasteiger partial charge in [0.05, 0.1) is 11.6 Å². The lowest BCUT2D eigenvalue weighted by molar-refractivity contribution is 0.0896. The molecule has 0 amide bonds. The van der Waals surface area contributed by atoms with Crippen molar-refractivity contribution in [2.45, 2.75) is 6.42 Å². The van der Waals surface area contributed by atoms with Crippen LogP contribution >= 0.6 is 12.4 Å². The zero-order chi connectivity index (χ0) is 15.9. The van der Waals surface area contributed by atoms with Gasteiger partial charge in [-0.3, -0.25) is 4.79 Å². The van der Waals surface area contributed by atoms with Gasteiger partial charge in [0.2, 0.25) is 0 Å². The molecule has 0 saturated carbocycles. The summed E-state index contributed by atoms with van der Waals surface area (Å²) in [5.41, 5.74) is 2.29. The van der Waals surface area contributed by atoms with E-state index in [1.165, 1.54) is 0 Å². The largest absolute Gasteiger partial charge is 0.309 e. The van der Waals surface area contributed by atoms with Crippen LogP contribution in [0.5, 0.6) is 0 Å². The first-order valence-corrected chi connectivity index (χ1v) is 7.33. The number of halogens is 1. The average molecular weight is 329 g/mol. The Bertz CT molecular complexity index is 677. The van der Waals surface area contributed by atoms with E-state index in [1.807, 2.05) is 49.3 Å². The van der Waals surface area contributed by atoms with Crippen LogP contribution in [0.4, 0.5) is 0 Å². The van der Waals surface area contributed by atoms with Crippen molar-refractivity contribution in [3.05, 3.63) is 71.3 Å². The van der Waals surface area contributed by atoms with Crippen molar-refractivity contribution in [2.75, 3.05) is 20.6 Å². The minimum Gasteiger partial charge on any atom is -0.309 e. The van der Waals surface area contributed by atoms with Gasteiger partial charge in [0.25, 0.3) is 0 Å². The number of hydrogen-bond donors (Lipinski definition) is 0. The highest BCUT2D eigenvalue weighted by molar-refractivity contribution is 5.98. The Hall–Kier alpha value is -2.15. The molecule has 4 heteroatoms.